The Hall–Kier alpha value is -2.41. The Morgan fingerprint density at radius 3 is 2.56 bits per heavy atom. The molecule has 6 nitrogen and oxygen atoms in total. The van der Waals surface area contributed by atoms with E-state index in [9.17, 15) is 14.7 Å². The van der Waals surface area contributed by atoms with Crippen LogP contribution in [0.25, 0.3) is 0 Å². The third kappa shape index (κ3) is 5.53. The summed E-state index contributed by atoms with van der Waals surface area (Å²) in [7, 11) is 0. The number of benzene rings is 1. The van der Waals surface area contributed by atoms with E-state index in [-0.39, 0.29) is 5.91 Å². The van der Waals surface area contributed by atoms with Crippen LogP contribution in [0.3, 0.4) is 0 Å². The van der Waals surface area contributed by atoms with Crippen molar-refractivity contribution in [3.8, 4) is 0 Å². The molecule has 0 aliphatic carbocycles. The van der Waals surface area contributed by atoms with Gasteiger partial charge in [0.25, 0.3) is 5.91 Å². The largest absolute Gasteiger partial charge is 0.480 e. The first-order valence-electron chi connectivity index (χ1n) is 9.17. The Bertz CT molecular complexity index is 797. The zero-order valence-corrected chi connectivity index (χ0v) is 17.1. The van der Waals surface area contributed by atoms with Crippen LogP contribution in [0, 0.1) is 20.8 Å². The molecule has 27 heavy (non-hydrogen) atoms. The molecule has 1 aromatic carbocycles. The molecule has 1 aromatic heterocycles. The second-order valence-electron chi connectivity index (χ2n) is 6.62. The molecule has 0 fully saturated rings. The van der Waals surface area contributed by atoms with Crippen LogP contribution in [0.15, 0.2) is 18.2 Å². The molecule has 0 spiro atoms. The van der Waals surface area contributed by atoms with Crippen LogP contribution < -0.4 is 10.6 Å². The number of hydrogen-bond acceptors (Lipinski definition) is 5. The van der Waals surface area contributed by atoms with Gasteiger partial charge in [-0.05, 0) is 44.9 Å². The van der Waals surface area contributed by atoms with Crippen molar-refractivity contribution < 1.29 is 14.7 Å². The number of carboxylic acid groups (broad SMARTS) is 1. The number of carboxylic acids is 1. The minimum Gasteiger partial charge on any atom is -0.480 e. The number of amides is 1. The lowest BCUT2D eigenvalue weighted by Crippen LogP contribution is -2.29. The van der Waals surface area contributed by atoms with Gasteiger partial charge in [0.1, 0.15) is 6.04 Å². The number of carbonyl (C=O) groups is 2. The second-order valence-corrected chi connectivity index (χ2v) is 7.83. The summed E-state index contributed by atoms with van der Waals surface area (Å²) >= 11 is 1.44. The second kappa shape index (κ2) is 9.50. The Balaban J connectivity index is 2.15. The molecule has 1 amide bonds. The maximum Gasteiger partial charge on any atom is 0.326 e. The summed E-state index contributed by atoms with van der Waals surface area (Å²) in [6.45, 7) is 7.77. The van der Waals surface area contributed by atoms with Crippen LogP contribution in [0.2, 0.25) is 0 Å². The Morgan fingerprint density at radius 2 is 1.96 bits per heavy atom. The molecule has 0 saturated heterocycles. The highest BCUT2D eigenvalue weighted by atomic mass is 32.1. The van der Waals surface area contributed by atoms with E-state index in [0.717, 1.165) is 35.4 Å². The van der Waals surface area contributed by atoms with Crippen LogP contribution in [0.5, 0.6) is 0 Å². The highest BCUT2D eigenvalue weighted by molar-refractivity contribution is 7.15. The zero-order chi connectivity index (χ0) is 20.0. The highest BCUT2D eigenvalue weighted by Gasteiger charge is 2.20. The third-order valence-corrected chi connectivity index (χ3v) is 5.54. The predicted molar refractivity (Wildman–Crippen MR) is 110 cm³/mol. The van der Waals surface area contributed by atoms with E-state index in [1.807, 2.05) is 20.8 Å². The molecule has 0 bridgehead atoms. The maximum atomic E-state index is 12.6. The third-order valence-electron chi connectivity index (χ3n) is 4.55. The van der Waals surface area contributed by atoms with Gasteiger partial charge in [0, 0.05) is 16.1 Å². The van der Waals surface area contributed by atoms with Gasteiger partial charge in [-0.3, -0.25) is 10.1 Å². The van der Waals surface area contributed by atoms with Gasteiger partial charge in [0.05, 0.1) is 5.69 Å². The van der Waals surface area contributed by atoms with Crippen molar-refractivity contribution >= 4 is 34.0 Å². The molecule has 1 atom stereocenters. The number of aromatic nitrogens is 1. The van der Waals surface area contributed by atoms with E-state index < -0.39 is 12.0 Å². The summed E-state index contributed by atoms with van der Waals surface area (Å²) in [5, 5.41) is 16.0. The number of thiazole rings is 1. The number of nitrogens with zero attached hydrogens (tertiary/aromatic N) is 1. The number of rotatable bonds is 9. The van der Waals surface area contributed by atoms with E-state index in [4.69, 9.17) is 0 Å². The molecular formula is C20H27N3O3S. The highest BCUT2D eigenvalue weighted by Crippen LogP contribution is 2.25. The van der Waals surface area contributed by atoms with Gasteiger partial charge in [0.2, 0.25) is 0 Å². The maximum absolute atomic E-state index is 12.6. The number of hydrogen-bond donors (Lipinski definition) is 3. The smallest absolute Gasteiger partial charge is 0.326 e. The average molecular weight is 390 g/mol. The van der Waals surface area contributed by atoms with Crippen molar-refractivity contribution in [2.45, 2.75) is 59.4 Å². The first-order valence-corrected chi connectivity index (χ1v) is 9.99. The van der Waals surface area contributed by atoms with Crippen molar-refractivity contribution in [2.75, 3.05) is 10.6 Å². The molecule has 146 valence electrons. The lowest BCUT2D eigenvalue weighted by atomic mass is 10.0. The monoisotopic (exact) mass is 389 g/mol. The molecule has 0 saturated carbocycles. The summed E-state index contributed by atoms with van der Waals surface area (Å²) in [6, 6.07) is 4.63. The molecule has 0 radical (unpaired) electrons. The normalized spacial score (nSPS) is 11.9. The minimum absolute atomic E-state index is 0.247. The molecular weight excluding hydrogens is 362 g/mol. The number of carbonyl (C=O) groups excluding carboxylic acids is 1. The molecule has 0 aliphatic rings. The minimum atomic E-state index is -0.880. The van der Waals surface area contributed by atoms with Crippen LogP contribution in [0.4, 0.5) is 10.8 Å². The van der Waals surface area contributed by atoms with Gasteiger partial charge in [-0.15, -0.1) is 11.3 Å². The van der Waals surface area contributed by atoms with Crippen molar-refractivity contribution in [3.63, 3.8) is 0 Å². The summed E-state index contributed by atoms with van der Waals surface area (Å²) in [5.74, 6) is -1.13. The van der Waals surface area contributed by atoms with E-state index in [1.54, 1.807) is 18.2 Å². The van der Waals surface area contributed by atoms with Gasteiger partial charge in [-0.25, -0.2) is 9.78 Å². The molecule has 1 unspecified atom stereocenters. The zero-order valence-electron chi connectivity index (χ0n) is 16.3. The first-order chi connectivity index (χ1) is 12.8. The van der Waals surface area contributed by atoms with Gasteiger partial charge in [-0.2, -0.15) is 0 Å². The quantitative estimate of drug-likeness (QED) is 0.538. The molecule has 3 N–H and O–H groups in total. The number of aryl methyl sites for hydroxylation is 2. The predicted octanol–water partition coefficient (Wildman–Crippen LogP) is 4.77. The van der Waals surface area contributed by atoms with Crippen LogP contribution in [0.1, 0.15) is 59.1 Å². The fourth-order valence-electron chi connectivity index (χ4n) is 2.77. The fourth-order valence-corrected chi connectivity index (χ4v) is 3.58. The van der Waals surface area contributed by atoms with Crippen molar-refractivity contribution in [2.24, 2.45) is 0 Å². The van der Waals surface area contributed by atoms with Crippen molar-refractivity contribution in [1.29, 1.82) is 0 Å². The Morgan fingerprint density at radius 1 is 1.22 bits per heavy atom. The van der Waals surface area contributed by atoms with E-state index in [2.05, 4.69) is 22.5 Å². The van der Waals surface area contributed by atoms with Crippen molar-refractivity contribution in [3.05, 3.63) is 39.9 Å². The Labute approximate surface area is 164 Å². The lowest BCUT2D eigenvalue weighted by molar-refractivity contribution is -0.138. The fraction of sp³-hybridized carbons (Fsp3) is 0.450. The molecule has 0 aliphatic heterocycles. The number of nitrogens with one attached hydrogen (secondary N) is 2. The van der Waals surface area contributed by atoms with E-state index >= 15 is 0 Å². The summed E-state index contributed by atoms with van der Waals surface area (Å²) in [4.78, 5) is 29.6. The molecule has 1 heterocycles. The summed E-state index contributed by atoms with van der Waals surface area (Å²) in [6.07, 6.45) is 3.44. The van der Waals surface area contributed by atoms with Gasteiger partial charge in [-0.1, -0.05) is 32.3 Å². The SMILES string of the molecule is CCCCCC(Nc1cccc(C(=O)Nc2nc(C)c(C)s2)c1C)C(=O)O. The van der Waals surface area contributed by atoms with Crippen LogP contribution in [-0.2, 0) is 4.79 Å². The van der Waals surface area contributed by atoms with Gasteiger partial charge in [0.15, 0.2) is 5.13 Å². The number of aliphatic carboxylic acids is 1. The molecule has 7 heteroatoms. The first kappa shape index (κ1) is 20.9. The van der Waals surface area contributed by atoms with Gasteiger partial charge >= 0.3 is 5.97 Å². The Kier molecular flexibility index (Phi) is 7.36. The van der Waals surface area contributed by atoms with E-state index in [0.29, 0.717) is 22.8 Å². The van der Waals surface area contributed by atoms with Crippen LogP contribution >= 0.6 is 11.3 Å². The van der Waals surface area contributed by atoms with Crippen LogP contribution in [-0.4, -0.2) is 28.0 Å². The average Bonchev–Trinajstić information content (AvgIpc) is 2.92. The van der Waals surface area contributed by atoms with Gasteiger partial charge < -0.3 is 10.4 Å². The topological polar surface area (TPSA) is 91.3 Å². The standard InChI is InChI=1S/C20H27N3O3S/c1-5-6-7-10-17(19(25)26)22-16-11-8-9-15(12(16)2)18(24)23-20-21-13(3)14(4)27-20/h8-9,11,17,22H,5-7,10H2,1-4H3,(H,25,26)(H,21,23,24). The lowest BCUT2D eigenvalue weighted by Gasteiger charge is -2.18. The molecule has 2 aromatic rings. The number of anilines is 2. The summed E-state index contributed by atoms with van der Waals surface area (Å²) in [5.41, 5.74) is 2.79. The summed E-state index contributed by atoms with van der Waals surface area (Å²) < 4.78 is 0. The number of unbranched alkanes of at least 4 members (excludes halogenated alkanes) is 2. The molecule has 2 rings (SSSR count). The van der Waals surface area contributed by atoms with E-state index in [1.165, 1.54) is 11.3 Å². The van der Waals surface area contributed by atoms with Crippen molar-refractivity contribution in [1.82, 2.24) is 4.98 Å².